The third-order valence-electron chi connectivity index (χ3n) is 4.48. The summed E-state index contributed by atoms with van der Waals surface area (Å²) in [7, 11) is 0. The van der Waals surface area contributed by atoms with E-state index < -0.39 is 0 Å². The molecule has 0 N–H and O–H groups in total. The quantitative estimate of drug-likeness (QED) is 0.835. The molecule has 21 heavy (non-hydrogen) atoms. The first-order valence-electron chi connectivity index (χ1n) is 7.70. The number of likely N-dealkylation sites (tertiary alicyclic amines) is 1. The monoisotopic (exact) mass is 309 g/mol. The molecule has 0 aromatic carbocycles. The topological polar surface area (TPSA) is 45.7 Å². The number of aromatic nitrogens is 1. The lowest BCUT2D eigenvalue weighted by Gasteiger charge is -2.41. The highest BCUT2D eigenvalue weighted by atomic mass is 32.1. The van der Waals surface area contributed by atoms with Gasteiger partial charge in [0.25, 0.3) is 5.91 Å². The smallest absolute Gasteiger partial charge is 0.265 e. The highest BCUT2D eigenvalue weighted by Crippen LogP contribution is 2.22. The first-order valence-corrected chi connectivity index (χ1v) is 8.58. The van der Waals surface area contributed by atoms with E-state index in [-0.39, 0.29) is 5.91 Å². The Bertz CT molecular complexity index is 497. The van der Waals surface area contributed by atoms with E-state index in [4.69, 9.17) is 4.74 Å². The van der Waals surface area contributed by atoms with E-state index in [1.54, 1.807) is 5.51 Å². The van der Waals surface area contributed by atoms with E-state index in [0.29, 0.717) is 12.1 Å². The molecule has 0 aliphatic carbocycles. The van der Waals surface area contributed by atoms with Crippen LogP contribution in [0.2, 0.25) is 0 Å². The van der Waals surface area contributed by atoms with Gasteiger partial charge in [0.05, 0.1) is 23.9 Å². The lowest BCUT2D eigenvalue weighted by molar-refractivity contribution is -0.0423. The fourth-order valence-electron chi connectivity index (χ4n) is 3.26. The molecule has 1 amide bonds. The zero-order valence-electron chi connectivity index (χ0n) is 12.7. The summed E-state index contributed by atoms with van der Waals surface area (Å²) in [6.45, 7) is 8.63. The van der Waals surface area contributed by atoms with Gasteiger partial charge in [0.2, 0.25) is 0 Å². The predicted octanol–water partition coefficient (Wildman–Crippen LogP) is 1.78. The molecule has 6 heteroatoms. The number of morpholine rings is 1. The number of ether oxygens (including phenoxy) is 1. The van der Waals surface area contributed by atoms with Crippen molar-refractivity contribution >= 4 is 17.2 Å². The molecular weight excluding hydrogens is 286 g/mol. The Hall–Kier alpha value is -0.980. The van der Waals surface area contributed by atoms with Crippen molar-refractivity contribution < 1.29 is 9.53 Å². The van der Waals surface area contributed by atoms with Crippen LogP contribution in [0.5, 0.6) is 0 Å². The maximum Gasteiger partial charge on any atom is 0.265 e. The molecule has 2 aliphatic rings. The summed E-state index contributed by atoms with van der Waals surface area (Å²) in [5.41, 5.74) is 2.61. The third kappa shape index (κ3) is 3.27. The molecule has 2 fully saturated rings. The van der Waals surface area contributed by atoms with E-state index in [9.17, 15) is 4.79 Å². The number of rotatable bonds is 2. The van der Waals surface area contributed by atoms with Gasteiger partial charge < -0.3 is 9.64 Å². The van der Waals surface area contributed by atoms with Crippen LogP contribution in [-0.2, 0) is 4.74 Å². The number of carbonyl (C=O) groups excluding carboxylic acids is 1. The van der Waals surface area contributed by atoms with Gasteiger partial charge in [-0.3, -0.25) is 9.69 Å². The van der Waals surface area contributed by atoms with Crippen LogP contribution in [0.1, 0.15) is 35.1 Å². The number of thiazole rings is 1. The number of hydrogen-bond donors (Lipinski definition) is 0. The Morgan fingerprint density at radius 2 is 2.14 bits per heavy atom. The molecule has 1 atom stereocenters. The first kappa shape index (κ1) is 14.9. The summed E-state index contributed by atoms with van der Waals surface area (Å²) < 4.78 is 5.61. The van der Waals surface area contributed by atoms with Crippen LogP contribution in [0.4, 0.5) is 0 Å². The second-order valence-electron chi connectivity index (χ2n) is 5.97. The SMILES string of the molecule is Cc1ncsc1C(=O)N1CCC(N2CCO[C@@H](C)C2)CC1. The molecule has 3 rings (SSSR count). The number of nitrogens with zero attached hydrogens (tertiary/aromatic N) is 3. The van der Waals surface area contributed by atoms with Crippen molar-refractivity contribution in [1.29, 1.82) is 0 Å². The highest BCUT2D eigenvalue weighted by Gasteiger charge is 2.30. The largest absolute Gasteiger partial charge is 0.376 e. The Kier molecular flexibility index (Phi) is 4.57. The van der Waals surface area contributed by atoms with Crippen LogP contribution in [0.15, 0.2) is 5.51 Å². The van der Waals surface area contributed by atoms with Crippen molar-refractivity contribution in [2.75, 3.05) is 32.8 Å². The third-order valence-corrected chi connectivity index (χ3v) is 5.40. The Morgan fingerprint density at radius 3 is 2.76 bits per heavy atom. The van der Waals surface area contributed by atoms with E-state index in [0.717, 1.165) is 56.2 Å². The average Bonchev–Trinajstić information content (AvgIpc) is 2.93. The predicted molar refractivity (Wildman–Crippen MR) is 82.8 cm³/mol. The summed E-state index contributed by atoms with van der Waals surface area (Å²) >= 11 is 1.45. The van der Waals surface area contributed by atoms with Gasteiger partial charge in [-0.25, -0.2) is 4.98 Å². The van der Waals surface area contributed by atoms with Crippen molar-refractivity contribution in [3.8, 4) is 0 Å². The molecule has 5 nitrogen and oxygen atoms in total. The van der Waals surface area contributed by atoms with Crippen LogP contribution in [0.25, 0.3) is 0 Å². The van der Waals surface area contributed by atoms with E-state index in [1.165, 1.54) is 11.3 Å². The summed E-state index contributed by atoms with van der Waals surface area (Å²) in [5, 5.41) is 0. The minimum Gasteiger partial charge on any atom is -0.376 e. The molecule has 1 aromatic heterocycles. The number of amides is 1. The Labute approximate surface area is 129 Å². The number of hydrogen-bond acceptors (Lipinski definition) is 5. The maximum atomic E-state index is 12.5. The van der Waals surface area contributed by atoms with E-state index in [2.05, 4.69) is 16.8 Å². The zero-order valence-corrected chi connectivity index (χ0v) is 13.6. The molecule has 3 heterocycles. The van der Waals surface area contributed by atoms with Crippen LogP contribution < -0.4 is 0 Å². The Balaban J connectivity index is 1.55. The van der Waals surface area contributed by atoms with Gasteiger partial charge in [-0.15, -0.1) is 11.3 Å². The van der Waals surface area contributed by atoms with Gasteiger partial charge in [0.15, 0.2) is 0 Å². The van der Waals surface area contributed by atoms with Gasteiger partial charge in [0, 0.05) is 32.2 Å². The lowest BCUT2D eigenvalue weighted by atomic mass is 10.0. The molecule has 0 unspecified atom stereocenters. The van der Waals surface area contributed by atoms with Crippen molar-refractivity contribution in [2.45, 2.75) is 38.8 Å². The van der Waals surface area contributed by atoms with Crippen molar-refractivity contribution in [2.24, 2.45) is 0 Å². The van der Waals surface area contributed by atoms with Crippen LogP contribution in [0, 0.1) is 6.92 Å². The lowest BCUT2D eigenvalue weighted by Crippen LogP contribution is -2.51. The Morgan fingerprint density at radius 1 is 1.38 bits per heavy atom. The molecule has 116 valence electrons. The molecule has 2 aliphatic heterocycles. The van der Waals surface area contributed by atoms with Crippen molar-refractivity contribution in [1.82, 2.24) is 14.8 Å². The standard InChI is InChI=1S/C15H23N3O2S/c1-11-9-18(7-8-20-11)13-3-5-17(6-4-13)15(19)14-12(2)16-10-21-14/h10-11,13H,3-9H2,1-2H3/t11-/m0/s1. The number of aryl methyl sites for hydroxylation is 1. The summed E-state index contributed by atoms with van der Waals surface area (Å²) in [6, 6.07) is 0.600. The summed E-state index contributed by atoms with van der Waals surface area (Å²) in [6.07, 6.45) is 2.46. The van der Waals surface area contributed by atoms with Crippen LogP contribution in [0.3, 0.4) is 0 Å². The fourth-order valence-corrected chi connectivity index (χ4v) is 4.03. The fraction of sp³-hybridized carbons (Fsp3) is 0.733. The second kappa shape index (κ2) is 6.42. The van der Waals surface area contributed by atoms with Gasteiger partial charge >= 0.3 is 0 Å². The molecule has 0 saturated carbocycles. The highest BCUT2D eigenvalue weighted by molar-refractivity contribution is 7.11. The van der Waals surface area contributed by atoms with Gasteiger partial charge in [0.1, 0.15) is 4.88 Å². The minimum absolute atomic E-state index is 0.156. The van der Waals surface area contributed by atoms with E-state index in [1.807, 2.05) is 11.8 Å². The first-order chi connectivity index (χ1) is 10.1. The average molecular weight is 309 g/mol. The van der Waals surface area contributed by atoms with Crippen molar-refractivity contribution in [3.63, 3.8) is 0 Å². The van der Waals surface area contributed by atoms with Crippen LogP contribution >= 0.6 is 11.3 Å². The molecular formula is C15H23N3O2S. The van der Waals surface area contributed by atoms with Crippen molar-refractivity contribution in [3.05, 3.63) is 16.1 Å². The number of piperidine rings is 1. The molecule has 0 bridgehead atoms. The maximum absolute atomic E-state index is 12.5. The van der Waals surface area contributed by atoms with Crippen LogP contribution in [-0.4, -0.2) is 65.6 Å². The summed E-state index contributed by atoms with van der Waals surface area (Å²) in [4.78, 5) is 22.0. The van der Waals surface area contributed by atoms with E-state index >= 15 is 0 Å². The molecule has 1 aromatic rings. The molecule has 0 spiro atoms. The van der Waals surface area contributed by atoms with Gasteiger partial charge in [-0.1, -0.05) is 0 Å². The molecule has 2 saturated heterocycles. The number of carbonyl (C=O) groups is 1. The normalized spacial score (nSPS) is 25.2. The van der Waals surface area contributed by atoms with Gasteiger partial charge in [-0.2, -0.15) is 0 Å². The molecule has 0 radical (unpaired) electrons. The second-order valence-corrected chi connectivity index (χ2v) is 6.82. The summed E-state index contributed by atoms with van der Waals surface area (Å²) in [5.74, 6) is 0.156. The minimum atomic E-state index is 0.156. The zero-order chi connectivity index (χ0) is 14.8. The van der Waals surface area contributed by atoms with Gasteiger partial charge in [-0.05, 0) is 26.7 Å².